The molecule has 3 saturated carbocycles. The lowest BCUT2D eigenvalue weighted by Crippen LogP contribution is -2.63. The van der Waals surface area contributed by atoms with Crippen LogP contribution in [-0.4, -0.2) is 20.5 Å². The van der Waals surface area contributed by atoms with Crippen LogP contribution in [0.4, 0.5) is 0 Å². The standard InChI is InChI=1S/C28H46INO2/c1-17(2)7-6-8-18(3)22-11-12-23-21-10-9-19-15-20(31)16-28(29,25(30)32)27(19,5)24(21)13-14-26(22,23)4/h9,17-18,20-24,31H,6-8,10-16H2,1-5H3,(H2,30,32)/t18-,20+,21+,22-,23+,24+,26-,27+,28?/m1/s1. The first-order valence-corrected chi connectivity index (χ1v) is 14.4. The molecule has 32 heavy (non-hydrogen) atoms. The van der Waals surface area contributed by atoms with E-state index in [9.17, 15) is 9.90 Å². The number of amides is 1. The number of aliphatic hydroxyl groups excluding tert-OH is 1. The Bertz CT molecular complexity index is 765. The number of carbonyl (C=O) groups excluding carboxylic acids is 1. The molecule has 0 aliphatic heterocycles. The second kappa shape index (κ2) is 8.84. The van der Waals surface area contributed by atoms with Crippen molar-refractivity contribution in [3.8, 4) is 0 Å². The second-order valence-corrected chi connectivity index (χ2v) is 14.6. The SMILES string of the molecule is CC(C)CCC[C@@H](C)[C@H]1CC[C@H]2[C@@H]3CC=C4C[C@H](O)CC(I)(C(N)=O)[C@]4(C)[C@H]3CC[C@]12C. The molecule has 0 saturated heterocycles. The van der Waals surface area contributed by atoms with Crippen molar-refractivity contribution >= 4 is 28.5 Å². The summed E-state index contributed by atoms with van der Waals surface area (Å²) in [6, 6.07) is 0. The maximum Gasteiger partial charge on any atom is 0.234 e. The lowest BCUT2D eigenvalue weighted by molar-refractivity contribution is -0.129. The largest absolute Gasteiger partial charge is 0.393 e. The van der Waals surface area contributed by atoms with Gasteiger partial charge < -0.3 is 10.8 Å². The summed E-state index contributed by atoms with van der Waals surface area (Å²) >= 11 is 2.34. The Morgan fingerprint density at radius 1 is 1.19 bits per heavy atom. The van der Waals surface area contributed by atoms with E-state index < -0.39 is 9.53 Å². The highest BCUT2D eigenvalue weighted by atomic mass is 127. The van der Waals surface area contributed by atoms with E-state index in [1.165, 1.54) is 50.5 Å². The molecule has 4 rings (SSSR count). The number of halogens is 1. The molecule has 1 unspecified atom stereocenters. The van der Waals surface area contributed by atoms with E-state index in [-0.39, 0.29) is 11.3 Å². The number of carbonyl (C=O) groups is 1. The molecule has 0 spiro atoms. The van der Waals surface area contributed by atoms with Gasteiger partial charge in [0.05, 0.1) is 6.10 Å². The van der Waals surface area contributed by atoms with Crippen LogP contribution in [0.1, 0.15) is 98.8 Å². The van der Waals surface area contributed by atoms with E-state index in [1.807, 2.05) is 0 Å². The highest BCUT2D eigenvalue weighted by Gasteiger charge is 2.66. The third kappa shape index (κ3) is 3.72. The summed E-state index contributed by atoms with van der Waals surface area (Å²) in [6.45, 7) is 12.1. The molecule has 3 fully saturated rings. The first-order chi connectivity index (χ1) is 14.9. The molecule has 0 bridgehead atoms. The van der Waals surface area contributed by atoms with Gasteiger partial charge >= 0.3 is 0 Å². The summed E-state index contributed by atoms with van der Waals surface area (Å²) in [5.74, 6) is 4.14. The van der Waals surface area contributed by atoms with Gasteiger partial charge in [-0.05, 0) is 85.9 Å². The lowest BCUT2D eigenvalue weighted by Gasteiger charge is -2.62. The van der Waals surface area contributed by atoms with Crippen LogP contribution < -0.4 is 5.73 Å². The van der Waals surface area contributed by atoms with Crippen LogP contribution in [0.15, 0.2) is 11.6 Å². The van der Waals surface area contributed by atoms with Gasteiger partial charge in [0.25, 0.3) is 0 Å². The van der Waals surface area contributed by atoms with Crippen molar-refractivity contribution < 1.29 is 9.90 Å². The maximum atomic E-state index is 12.8. The van der Waals surface area contributed by atoms with Gasteiger partial charge in [-0.25, -0.2) is 0 Å². The second-order valence-electron chi connectivity index (χ2n) is 12.8. The number of hydrogen-bond donors (Lipinski definition) is 2. The number of fused-ring (bicyclic) bond motifs is 5. The summed E-state index contributed by atoms with van der Waals surface area (Å²) in [5, 5.41) is 10.6. The number of hydrogen-bond acceptors (Lipinski definition) is 2. The van der Waals surface area contributed by atoms with E-state index in [0.29, 0.717) is 23.7 Å². The van der Waals surface area contributed by atoms with Gasteiger partial charge in [0, 0.05) is 5.41 Å². The minimum atomic E-state index is -0.687. The fraction of sp³-hybridized carbons (Fsp3) is 0.893. The van der Waals surface area contributed by atoms with Gasteiger partial charge in [-0.2, -0.15) is 0 Å². The zero-order chi connectivity index (χ0) is 23.5. The van der Waals surface area contributed by atoms with E-state index >= 15 is 0 Å². The average molecular weight is 556 g/mol. The number of nitrogens with two attached hydrogens (primary N) is 1. The van der Waals surface area contributed by atoms with Crippen molar-refractivity contribution in [1.29, 1.82) is 0 Å². The monoisotopic (exact) mass is 555 g/mol. The maximum absolute atomic E-state index is 12.8. The topological polar surface area (TPSA) is 63.3 Å². The summed E-state index contributed by atoms with van der Waals surface area (Å²) < 4.78 is -0.687. The number of allylic oxidation sites excluding steroid dienone is 1. The van der Waals surface area contributed by atoms with E-state index in [4.69, 9.17) is 5.73 Å². The number of primary amides is 1. The summed E-state index contributed by atoms with van der Waals surface area (Å²) in [7, 11) is 0. The van der Waals surface area contributed by atoms with Gasteiger partial charge in [-0.3, -0.25) is 4.79 Å². The third-order valence-corrected chi connectivity index (χ3v) is 13.0. The predicted octanol–water partition coefficient (Wildman–Crippen LogP) is 6.66. The molecule has 0 aromatic heterocycles. The normalized spacial score (nSPS) is 46.8. The molecule has 0 aromatic carbocycles. The summed E-state index contributed by atoms with van der Waals surface area (Å²) in [4.78, 5) is 12.8. The quantitative estimate of drug-likeness (QED) is 0.219. The Balaban J connectivity index is 1.59. The number of aliphatic hydroxyl groups is 1. The Morgan fingerprint density at radius 2 is 1.91 bits per heavy atom. The van der Waals surface area contributed by atoms with Crippen molar-refractivity contribution in [3.63, 3.8) is 0 Å². The Morgan fingerprint density at radius 3 is 2.56 bits per heavy atom. The molecule has 4 aliphatic rings. The Hall–Kier alpha value is -0.100. The van der Waals surface area contributed by atoms with Crippen LogP contribution in [0, 0.1) is 46.3 Å². The van der Waals surface area contributed by atoms with Crippen molar-refractivity contribution in [1.82, 2.24) is 0 Å². The molecule has 3 nitrogen and oxygen atoms in total. The van der Waals surface area contributed by atoms with Crippen LogP contribution in [0.5, 0.6) is 0 Å². The van der Waals surface area contributed by atoms with Crippen LogP contribution in [-0.2, 0) is 4.79 Å². The summed E-state index contributed by atoms with van der Waals surface area (Å²) in [6.07, 6.45) is 13.6. The first-order valence-electron chi connectivity index (χ1n) is 13.3. The minimum Gasteiger partial charge on any atom is -0.393 e. The van der Waals surface area contributed by atoms with Crippen molar-refractivity contribution in [2.24, 2.45) is 52.1 Å². The first kappa shape index (κ1) is 25.0. The molecular weight excluding hydrogens is 509 g/mol. The predicted molar refractivity (Wildman–Crippen MR) is 140 cm³/mol. The molecule has 0 heterocycles. The highest BCUT2D eigenvalue weighted by molar-refractivity contribution is 14.1. The van der Waals surface area contributed by atoms with Crippen LogP contribution in [0.2, 0.25) is 0 Å². The average Bonchev–Trinajstić information content (AvgIpc) is 3.06. The molecule has 3 N–H and O–H groups in total. The van der Waals surface area contributed by atoms with Crippen molar-refractivity contribution in [2.75, 3.05) is 0 Å². The molecule has 182 valence electrons. The third-order valence-electron chi connectivity index (χ3n) is 10.9. The van der Waals surface area contributed by atoms with E-state index in [0.717, 1.165) is 36.5 Å². The van der Waals surface area contributed by atoms with Gasteiger partial charge in [0.15, 0.2) is 0 Å². The van der Waals surface area contributed by atoms with Crippen LogP contribution in [0.25, 0.3) is 0 Å². The molecule has 1 amide bonds. The summed E-state index contributed by atoms with van der Waals surface area (Å²) in [5.41, 5.74) is 7.59. The number of alkyl halides is 1. The fourth-order valence-electron chi connectivity index (χ4n) is 9.15. The van der Waals surface area contributed by atoms with Crippen LogP contribution in [0.3, 0.4) is 0 Å². The van der Waals surface area contributed by atoms with Gasteiger partial charge in [-0.1, -0.05) is 88.1 Å². The fourth-order valence-corrected chi connectivity index (χ4v) is 10.4. The van der Waals surface area contributed by atoms with Crippen molar-refractivity contribution in [2.45, 2.75) is 108 Å². The van der Waals surface area contributed by atoms with E-state index in [1.54, 1.807) is 0 Å². The van der Waals surface area contributed by atoms with Gasteiger partial charge in [-0.15, -0.1) is 0 Å². The molecule has 4 aliphatic carbocycles. The minimum absolute atomic E-state index is 0.218. The molecule has 0 radical (unpaired) electrons. The van der Waals surface area contributed by atoms with Gasteiger partial charge in [0.1, 0.15) is 3.42 Å². The molecular formula is C28H46INO2. The van der Waals surface area contributed by atoms with Crippen molar-refractivity contribution in [3.05, 3.63) is 11.6 Å². The van der Waals surface area contributed by atoms with Gasteiger partial charge in [0.2, 0.25) is 5.91 Å². The number of rotatable bonds is 6. The zero-order valence-electron chi connectivity index (χ0n) is 21.0. The molecule has 4 heteroatoms. The Kier molecular flexibility index (Phi) is 6.91. The van der Waals surface area contributed by atoms with E-state index in [2.05, 4.69) is 63.3 Å². The highest BCUT2D eigenvalue weighted by Crippen LogP contribution is 2.70. The van der Waals surface area contributed by atoms with Crippen LogP contribution >= 0.6 is 22.6 Å². The smallest absolute Gasteiger partial charge is 0.234 e. The Labute approximate surface area is 209 Å². The molecule has 9 atom stereocenters. The molecule has 0 aromatic rings. The lowest BCUT2D eigenvalue weighted by atomic mass is 9.44. The zero-order valence-corrected chi connectivity index (χ0v) is 23.2.